The van der Waals surface area contributed by atoms with Crippen LogP contribution in [0.1, 0.15) is 5.69 Å². The molecule has 4 aromatic rings. The largest absolute Gasteiger partial charge is 0.399 e. The van der Waals surface area contributed by atoms with Gasteiger partial charge in [-0.05, 0) is 30.7 Å². The van der Waals surface area contributed by atoms with Gasteiger partial charge in [0.25, 0.3) is 5.56 Å². The van der Waals surface area contributed by atoms with Crippen LogP contribution in [0.25, 0.3) is 33.4 Å². The lowest BCUT2D eigenvalue weighted by atomic mass is 9.94. The molecule has 0 spiro atoms. The predicted molar refractivity (Wildman–Crippen MR) is 94.7 cm³/mol. The summed E-state index contributed by atoms with van der Waals surface area (Å²) in [6.07, 6.45) is 0. The topological polar surface area (TPSA) is 84.9 Å². The average Bonchev–Trinajstić information content (AvgIpc) is 3.01. The highest BCUT2D eigenvalue weighted by atomic mass is 16.5. The molecular weight excluding hydrogens is 302 g/mol. The van der Waals surface area contributed by atoms with Gasteiger partial charge in [0.15, 0.2) is 5.76 Å². The lowest BCUT2D eigenvalue weighted by molar-refractivity contribution is 0.427. The molecule has 0 fully saturated rings. The number of aromatic nitrogens is 2. The van der Waals surface area contributed by atoms with E-state index < -0.39 is 0 Å². The zero-order valence-corrected chi connectivity index (χ0v) is 13.0. The minimum atomic E-state index is -0.220. The van der Waals surface area contributed by atoms with Crippen molar-refractivity contribution in [1.29, 1.82) is 0 Å². The van der Waals surface area contributed by atoms with Crippen molar-refractivity contribution in [3.63, 3.8) is 0 Å². The van der Waals surface area contributed by atoms with Crippen molar-refractivity contribution >= 4 is 16.6 Å². The Balaban J connectivity index is 2.18. The zero-order chi connectivity index (χ0) is 16.7. The van der Waals surface area contributed by atoms with Crippen molar-refractivity contribution in [2.45, 2.75) is 6.92 Å². The quantitative estimate of drug-likeness (QED) is 0.551. The van der Waals surface area contributed by atoms with Gasteiger partial charge in [0, 0.05) is 28.2 Å². The molecule has 2 heterocycles. The molecule has 24 heavy (non-hydrogen) atoms. The van der Waals surface area contributed by atoms with Crippen LogP contribution in [-0.4, -0.2) is 10.1 Å². The first-order chi connectivity index (χ1) is 11.6. The number of hydrogen-bond acceptors (Lipinski definition) is 4. The van der Waals surface area contributed by atoms with Crippen LogP contribution in [0.5, 0.6) is 0 Å². The summed E-state index contributed by atoms with van der Waals surface area (Å²) in [5.41, 5.74) is 10.0. The number of nitrogens with zero attached hydrogens (tertiary/aromatic N) is 1. The summed E-state index contributed by atoms with van der Waals surface area (Å²) in [7, 11) is 0. The zero-order valence-electron chi connectivity index (χ0n) is 13.0. The number of nitrogens with one attached hydrogen (secondary N) is 1. The first-order valence-electron chi connectivity index (χ1n) is 7.58. The molecule has 0 bridgehead atoms. The molecule has 0 amide bonds. The summed E-state index contributed by atoms with van der Waals surface area (Å²) in [4.78, 5) is 15.7. The van der Waals surface area contributed by atoms with E-state index in [1.807, 2.05) is 49.4 Å². The number of fused-ring (bicyclic) bond motifs is 1. The molecule has 2 aromatic heterocycles. The fourth-order valence-electron chi connectivity index (χ4n) is 2.93. The fourth-order valence-corrected chi connectivity index (χ4v) is 2.93. The van der Waals surface area contributed by atoms with E-state index in [4.69, 9.17) is 10.3 Å². The number of nitrogen functional groups attached to an aromatic ring is 1. The van der Waals surface area contributed by atoms with Gasteiger partial charge in [-0.3, -0.25) is 4.79 Å². The van der Waals surface area contributed by atoms with Crippen molar-refractivity contribution in [1.82, 2.24) is 10.1 Å². The third kappa shape index (κ3) is 2.27. The molecule has 5 heteroatoms. The second-order valence-corrected chi connectivity index (χ2v) is 5.71. The standard InChI is InChI=1S/C19H15N3O2/c1-11-9-16(24-22-11)18-17(12-5-3-2-4-6-12)14-10-13(20)7-8-15(14)21-19(18)23/h2-10H,20H2,1H3,(H,21,23). The Bertz CT molecular complexity index is 1090. The Kier molecular flexibility index (Phi) is 3.20. The van der Waals surface area contributed by atoms with Crippen LogP contribution in [0.4, 0.5) is 5.69 Å². The summed E-state index contributed by atoms with van der Waals surface area (Å²) < 4.78 is 5.37. The van der Waals surface area contributed by atoms with Crippen LogP contribution in [0.2, 0.25) is 0 Å². The van der Waals surface area contributed by atoms with E-state index in [2.05, 4.69) is 10.1 Å². The highest BCUT2D eigenvalue weighted by Crippen LogP contribution is 2.35. The van der Waals surface area contributed by atoms with Crippen LogP contribution in [0, 0.1) is 6.92 Å². The molecular formula is C19H15N3O2. The van der Waals surface area contributed by atoms with Gasteiger partial charge in [-0.2, -0.15) is 0 Å². The van der Waals surface area contributed by atoms with Gasteiger partial charge in [0.1, 0.15) is 0 Å². The maximum Gasteiger partial charge on any atom is 0.260 e. The van der Waals surface area contributed by atoms with Crippen LogP contribution in [0.3, 0.4) is 0 Å². The van der Waals surface area contributed by atoms with E-state index in [0.717, 1.165) is 27.7 Å². The summed E-state index contributed by atoms with van der Waals surface area (Å²) >= 11 is 0. The number of H-pyrrole nitrogens is 1. The van der Waals surface area contributed by atoms with Gasteiger partial charge in [-0.15, -0.1) is 0 Å². The first kappa shape index (κ1) is 14.3. The molecule has 0 saturated carbocycles. The van der Waals surface area contributed by atoms with Crippen molar-refractivity contribution in [2.75, 3.05) is 5.73 Å². The highest BCUT2D eigenvalue weighted by Gasteiger charge is 2.19. The monoisotopic (exact) mass is 317 g/mol. The SMILES string of the molecule is Cc1cc(-c2c(-c3ccccc3)c3cc(N)ccc3[nH]c2=O)on1. The van der Waals surface area contributed by atoms with Crippen molar-refractivity contribution in [3.8, 4) is 22.5 Å². The summed E-state index contributed by atoms with van der Waals surface area (Å²) in [5.74, 6) is 0.442. The van der Waals surface area contributed by atoms with Crippen molar-refractivity contribution in [2.24, 2.45) is 0 Å². The molecule has 0 radical (unpaired) electrons. The Morgan fingerprint density at radius 2 is 1.83 bits per heavy atom. The molecule has 4 rings (SSSR count). The maximum absolute atomic E-state index is 12.7. The smallest absolute Gasteiger partial charge is 0.260 e. The molecule has 0 aliphatic rings. The number of pyridine rings is 1. The third-order valence-electron chi connectivity index (χ3n) is 3.98. The number of anilines is 1. The number of benzene rings is 2. The van der Waals surface area contributed by atoms with Gasteiger partial charge in [0.05, 0.1) is 11.3 Å². The number of rotatable bonds is 2. The van der Waals surface area contributed by atoms with E-state index in [-0.39, 0.29) is 5.56 Å². The van der Waals surface area contributed by atoms with E-state index in [1.54, 1.807) is 12.1 Å². The van der Waals surface area contributed by atoms with Gasteiger partial charge < -0.3 is 15.2 Å². The molecule has 0 saturated heterocycles. The van der Waals surface area contributed by atoms with E-state index in [9.17, 15) is 4.79 Å². The lowest BCUT2D eigenvalue weighted by Crippen LogP contribution is -2.11. The Morgan fingerprint density at radius 3 is 2.54 bits per heavy atom. The third-order valence-corrected chi connectivity index (χ3v) is 3.98. The maximum atomic E-state index is 12.7. The van der Waals surface area contributed by atoms with Gasteiger partial charge in [-0.1, -0.05) is 35.5 Å². The van der Waals surface area contributed by atoms with Gasteiger partial charge in [0.2, 0.25) is 0 Å². The Hall–Kier alpha value is -3.34. The van der Waals surface area contributed by atoms with Crippen LogP contribution < -0.4 is 11.3 Å². The van der Waals surface area contributed by atoms with E-state index in [1.165, 1.54) is 0 Å². The second kappa shape index (κ2) is 5.38. The normalized spacial score (nSPS) is 11.0. The predicted octanol–water partition coefficient (Wildman–Crippen LogP) is 3.74. The minimum absolute atomic E-state index is 0.220. The van der Waals surface area contributed by atoms with E-state index >= 15 is 0 Å². The van der Waals surface area contributed by atoms with Crippen LogP contribution in [0.15, 0.2) is 63.9 Å². The highest BCUT2D eigenvalue weighted by molar-refractivity contribution is 6.02. The fraction of sp³-hybridized carbons (Fsp3) is 0.0526. The molecule has 3 N–H and O–H groups in total. The number of aromatic amines is 1. The Morgan fingerprint density at radius 1 is 1.04 bits per heavy atom. The van der Waals surface area contributed by atoms with Crippen molar-refractivity contribution < 1.29 is 4.52 Å². The number of nitrogens with two attached hydrogens (primary N) is 1. The molecule has 0 atom stereocenters. The van der Waals surface area contributed by atoms with Gasteiger partial charge in [-0.25, -0.2) is 0 Å². The van der Waals surface area contributed by atoms with Crippen LogP contribution >= 0.6 is 0 Å². The van der Waals surface area contributed by atoms with Crippen molar-refractivity contribution in [3.05, 3.63) is 70.6 Å². The molecule has 2 aromatic carbocycles. The number of hydrogen-bond donors (Lipinski definition) is 2. The molecule has 0 aliphatic carbocycles. The first-order valence-corrected chi connectivity index (χ1v) is 7.58. The average molecular weight is 317 g/mol. The molecule has 118 valence electrons. The Labute approximate surface area is 137 Å². The number of aryl methyl sites for hydroxylation is 1. The summed E-state index contributed by atoms with van der Waals surface area (Å²) in [6, 6.07) is 16.9. The van der Waals surface area contributed by atoms with Crippen LogP contribution in [-0.2, 0) is 0 Å². The van der Waals surface area contributed by atoms with E-state index in [0.29, 0.717) is 17.0 Å². The molecule has 5 nitrogen and oxygen atoms in total. The minimum Gasteiger partial charge on any atom is -0.399 e. The molecule has 0 aliphatic heterocycles. The summed E-state index contributed by atoms with van der Waals surface area (Å²) in [5, 5.41) is 4.78. The van der Waals surface area contributed by atoms with Gasteiger partial charge >= 0.3 is 0 Å². The summed E-state index contributed by atoms with van der Waals surface area (Å²) in [6.45, 7) is 1.82. The molecule has 0 unspecified atom stereocenters. The second-order valence-electron chi connectivity index (χ2n) is 5.71. The lowest BCUT2D eigenvalue weighted by Gasteiger charge is -2.11.